The summed E-state index contributed by atoms with van der Waals surface area (Å²) in [6.45, 7) is 4.92. The Hall–Kier alpha value is -0.990. The van der Waals surface area contributed by atoms with E-state index in [9.17, 15) is 0 Å². The number of nitrogens with one attached hydrogen (secondary N) is 1. The normalized spacial score (nSPS) is 10.0. The van der Waals surface area contributed by atoms with Crippen molar-refractivity contribution < 1.29 is 0 Å². The van der Waals surface area contributed by atoms with E-state index in [-0.39, 0.29) is 5.41 Å². The van der Waals surface area contributed by atoms with Gasteiger partial charge in [0.2, 0.25) is 0 Å². The fourth-order valence-electron chi connectivity index (χ4n) is 0.487. The SMILES string of the molecule is C#CCNCC(C)(C)C#N. The number of hydrogen-bond acceptors (Lipinski definition) is 2. The van der Waals surface area contributed by atoms with E-state index >= 15 is 0 Å². The second kappa shape index (κ2) is 3.93. The Morgan fingerprint density at radius 2 is 2.20 bits per heavy atom. The summed E-state index contributed by atoms with van der Waals surface area (Å²) in [5, 5.41) is 11.5. The van der Waals surface area contributed by atoms with Gasteiger partial charge in [0.15, 0.2) is 0 Å². The second-order valence-electron chi connectivity index (χ2n) is 2.80. The fraction of sp³-hybridized carbons (Fsp3) is 0.625. The fourth-order valence-corrected chi connectivity index (χ4v) is 0.487. The van der Waals surface area contributed by atoms with Crippen LogP contribution in [-0.2, 0) is 0 Å². The number of nitriles is 1. The summed E-state index contributed by atoms with van der Waals surface area (Å²) in [4.78, 5) is 0. The molecule has 0 spiro atoms. The number of nitrogens with zero attached hydrogens (tertiary/aromatic N) is 1. The van der Waals surface area contributed by atoms with Crippen molar-refractivity contribution in [3.05, 3.63) is 0 Å². The predicted molar refractivity (Wildman–Crippen MR) is 41.1 cm³/mol. The van der Waals surface area contributed by atoms with Crippen LogP contribution in [0.25, 0.3) is 0 Å². The highest BCUT2D eigenvalue weighted by atomic mass is 14.9. The molecule has 0 aromatic rings. The van der Waals surface area contributed by atoms with E-state index in [0.717, 1.165) is 0 Å². The molecule has 0 saturated heterocycles. The van der Waals surface area contributed by atoms with Crippen LogP contribution in [0.3, 0.4) is 0 Å². The maximum Gasteiger partial charge on any atom is 0.0697 e. The van der Waals surface area contributed by atoms with Gasteiger partial charge in [0.05, 0.1) is 18.0 Å². The standard InChI is InChI=1S/C8H12N2/c1-4-5-10-7-8(2,3)6-9/h1,10H,5,7H2,2-3H3. The molecule has 0 bridgehead atoms. The number of hydrogen-bond donors (Lipinski definition) is 1. The van der Waals surface area contributed by atoms with Gasteiger partial charge in [0.1, 0.15) is 0 Å². The molecule has 0 aromatic heterocycles. The van der Waals surface area contributed by atoms with E-state index in [4.69, 9.17) is 11.7 Å². The first-order valence-corrected chi connectivity index (χ1v) is 3.18. The highest BCUT2D eigenvalue weighted by Crippen LogP contribution is 2.09. The van der Waals surface area contributed by atoms with Gasteiger partial charge in [-0.15, -0.1) is 6.42 Å². The lowest BCUT2D eigenvalue weighted by Crippen LogP contribution is -2.28. The molecule has 54 valence electrons. The average Bonchev–Trinajstić information content (AvgIpc) is 1.89. The van der Waals surface area contributed by atoms with E-state index in [1.165, 1.54) is 0 Å². The molecule has 2 heteroatoms. The van der Waals surface area contributed by atoms with E-state index < -0.39 is 0 Å². The Bertz CT molecular complexity index is 169. The molecule has 0 atom stereocenters. The first-order valence-electron chi connectivity index (χ1n) is 3.18. The van der Waals surface area contributed by atoms with Crippen molar-refractivity contribution in [3.8, 4) is 18.4 Å². The van der Waals surface area contributed by atoms with Crippen LogP contribution in [-0.4, -0.2) is 13.1 Å². The zero-order chi connectivity index (χ0) is 8.04. The Labute approximate surface area is 62.2 Å². The summed E-state index contributed by atoms with van der Waals surface area (Å²) in [5.41, 5.74) is -0.309. The highest BCUT2D eigenvalue weighted by Gasteiger charge is 2.14. The van der Waals surface area contributed by atoms with Crippen LogP contribution in [0.1, 0.15) is 13.8 Å². The van der Waals surface area contributed by atoms with Crippen LogP contribution >= 0.6 is 0 Å². The molecule has 0 aliphatic heterocycles. The van der Waals surface area contributed by atoms with Gasteiger partial charge in [-0.25, -0.2) is 0 Å². The molecule has 10 heavy (non-hydrogen) atoms. The van der Waals surface area contributed by atoms with Gasteiger partial charge in [0.25, 0.3) is 0 Å². The molecule has 0 amide bonds. The van der Waals surface area contributed by atoms with Gasteiger partial charge in [-0.3, -0.25) is 0 Å². The third-order valence-corrected chi connectivity index (χ3v) is 1.10. The van der Waals surface area contributed by atoms with Gasteiger partial charge >= 0.3 is 0 Å². The van der Waals surface area contributed by atoms with Crippen LogP contribution in [0, 0.1) is 29.1 Å². The quantitative estimate of drug-likeness (QED) is 0.459. The summed E-state index contributed by atoms with van der Waals surface area (Å²) in [6.07, 6.45) is 5.00. The molecule has 0 fully saturated rings. The summed E-state index contributed by atoms with van der Waals surface area (Å²) in [7, 11) is 0. The smallest absolute Gasteiger partial charge is 0.0697 e. The monoisotopic (exact) mass is 136 g/mol. The van der Waals surface area contributed by atoms with Gasteiger partial charge < -0.3 is 5.32 Å². The minimum absolute atomic E-state index is 0.309. The Morgan fingerprint density at radius 1 is 1.60 bits per heavy atom. The van der Waals surface area contributed by atoms with Gasteiger partial charge in [0, 0.05) is 6.54 Å². The molecule has 2 nitrogen and oxygen atoms in total. The third-order valence-electron chi connectivity index (χ3n) is 1.10. The molecular weight excluding hydrogens is 124 g/mol. The van der Waals surface area contributed by atoms with Gasteiger partial charge in [-0.1, -0.05) is 5.92 Å². The molecule has 0 heterocycles. The predicted octanol–water partition coefficient (Wildman–Crippen LogP) is 0.759. The molecular formula is C8H12N2. The Balaban J connectivity index is 3.52. The van der Waals surface area contributed by atoms with E-state index in [0.29, 0.717) is 13.1 Å². The van der Waals surface area contributed by atoms with Crippen molar-refractivity contribution in [2.24, 2.45) is 5.41 Å². The average molecular weight is 136 g/mol. The van der Waals surface area contributed by atoms with Crippen LogP contribution in [0.15, 0.2) is 0 Å². The lowest BCUT2D eigenvalue weighted by molar-refractivity contribution is 0.460. The summed E-state index contributed by atoms with van der Waals surface area (Å²) in [5.74, 6) is 2.44. The maximum atomic E-state index is 8.55. The third kappa shape index (κ3) is 3.95. The van der Waals surface area contributed by atoms with Crippen LogP contribution in [0.4, 0.5) is 0 Å². The number of terminal acetylenes is 1. The van der Waals surface area contributed by atoms with E-state index in [1.807, 2.05) is 13.8 Å². The van der Waals surface area contributed by atoms with Crippen LogP contribution in [0.5, 0.6) is 0 Å². The minimum Gasteiger partial charge on any atom is -0.305 e. The zero-order valence-corrected chi connectivity index (χ0v) is 6.44. The van der Waals surface area contributed by atoms with Crippen molar-refractivity contribution in [1.82, 2.24) is 5.32 Å². The molecule has 1 N–H and O–H groups in total. The van der Waals surface area contributed by atoms with Crippen LogP contribution in [0.2, 0.25) is 0 Å². The van der Waals surface area contributed by atoms with Crippen molar-refractivity contribution in [1.29, 1.82) is 5.26 Å². The summed E-state index contributed by atoms with van der Waals surface area (Å²) < 4.78 is 0. The van der Waals surface area contributed by atoms with Crippen LogP contribution < -0.4 is 5.32 Å². The van der Waals surface area contributed by atoms with Crippen molar-refractivity contribution in [2.45, 2.75) is 13.8 Å². The van der Waals surface area contributed by atoms with Crippen molar-refractivity contribution in [3.63, 3.8) is 0 Å². The van der Waals surface area contributed by atoms with Crippen molar-refractivity contribution >= 4 is 0 Å². The molecule has 0 unspecified atom stereocenters. The second-order valence-corrected chi connectivity index (χ2v) is 2.80. The highest BCUT2D eigenvalue weighted by molar-refractivity contribution is 4.95. The molecule has 0 aliphatic rings. The first kappa shape index (κ1) is 9.01. The lowest BCUT2D eigenvalue weighted by Gasteiger charge is -2.13. The molecule has 0 radical (unpaired) electrons. The first-order chi connectivity index (χ1) is 4.62. The summed E-state index contributed by atoms with van der Waals surface area (Å²) in [6, 6.07) is 2.17. The Morgan fingerprint density at radius 3 is 2.60 bits per heavy atom. The maximum absolute atomic E-state index is 8.55. The topological polar surface area (TPSA) is 35.8 Å². The minimum atomic E-state index is -0.309. The number of rotatable bonds is 3. The lowest BCUT2D eigenvalue weighted by atomic mass is 9.96. The van der Waals surface area contributed by atoms with Crippen molar-refractivity contribution in [2.75, 3.05) is 13.1 Å². The summed E-state index contributed by atoms with van der Waals surface area (Å²) >= 11 is 0. The van der Waals surface area contributed by atoms with Gasteiger partial charge in [-0.05, 0) is 13.8 Å². The molecule has 0 aliphatic carbocycles. The van der Waals surface area contributed by atoms with Gasteiger partial charge in [-0.2, -0.15) is 5.26 Å². The zero-order valence-electron chi connectivity index (χ0n) is 6.44. The largest absolute Gasteiger partial charge is 0.305 e. The van der Waals surface area contributed by atoms with E-state index in [2.05, 4.69) is 17.3 Å². The van der Waals surface area contributed by atoms with E-state index in [1.54, 1.807) is 0 Å². The molecule has 0 saturated carbocycles. The Kier molecular flexibility index (Phi) is 3.54. The molecule has 0 rings (SSSR count). The molecule has 0 aromatic carbocycles.